The molecule has 1 saturated heterocycles. The van der Waals surface area contributed by atoms with Crippen molar-refractivity contribution < 1.29 is 13.2 Å². The number of nitrogens with one attached hydrogen (secondary N) is 1. The molecule has 32 heavy (non-hydrogen) atoms. The Balaban J connectivity index is 1.55. The van der Waals surface area contributed by atoms with Gasteiger partial charge in [-0.3, -0.25) is 4.79 Å². The summed E-state index contributed by atoms with van der Waals surface area (Å²) in [6.45, 7) is 3.77. The summed E-state index contributed by atoms with van der Waals surface area (Å²) in [5, 5.41) is 9.03. The molecular weight excluding hydrogens is 448 g/mol. The summed E-state index contributed by atoms with van der Waals surface area (Å²) in [4.78, 5) is 18.3. The summed E-state index contributed by atoms with van der Waals surface area (Å²) in [5.74, 6) is 0.359. The molecule has 0 spiro atoms. The Labute approximate surface area is 192 Å². The third-order valence-corrected chi connectivity index (χ3v) is 8.33. The fraction of sp³-hybridized carbons (Fsp3) is 0.435. The first kappa shape index (κ1) is 21.4. The van der Waals surface area contributed by atoms with Crippen molar-refractivity contribution in [3.63, 3.8) is 0 Å². The Kier molecular flexibility index (Phi) is 5.25. The minimum Gasteiger partial charge on any atom is -0.345 e. The number of carbonyl (C=O) groups is 1. The van der Waals surface area contributed by atoms with Gasteiger partial charge in [0.25, 0.3) is 5.91 Å². The van der Waals surface area contributed by atoms with Crippen LogP contribution < -0.4 is 5.32 Å². The molecule has 7 nitrogen and oxygen atoms in total. The molecule has 1 aliphatic heterocycles. The summed E-state index contributed by atoms with van der Waals surface area (Å²) in [7, 11) is -3.07. The van der Waals surface area contributed by atoms with E-state index in [4.69, 9.17) is 16.6 Å². The molecule has 0 bridgehead atoms. The first-order chi connectivity index (χ1) is 15.2. The molecule has 5 rings (SSSR count). The molecule has 168 valence electrons. The smallest absolute Gasteiger partial charge is 0.252 e. The predicted octanol–water partition coefficient (Wildman–Crippen LogP) is 4.12. The molecule has 0 radical (unpaired) electrons. The van der Waals surface area contributed by atoms with Crippen LogP contribution in [0.5, 0.6) is 0 Å². The largest absolute Gasteiger partial charge is 0.345 e. The van der Waals surface area contributed by atoms with Crippen LogP contribution in [0.2, 0.25) is 5.02 Å². The third-order valence-electron chi connectivity index (χ3n) is 6.35. The van der Waals surface area contributed by atoms with Crippen molar-refractivity contribution in [3.8, 4) is 0 Å². The van der Waals surface area contributed by atoms with Crippen molar-refractivity contribution in [1.29, 1.82) is 0 Å². The Morgan fingerprint density at radius 2 is 2.03 bits per heavy atom. The second kappa shape index (κ2) is 7.85. The van der Waals surface area contributed by atoms with E-state index in [9.17, 15) is 13.2 Å². The van der Waals surface area contributed by atoms with Crippen LogP contribution in [0.15, 0.2) is 30.3 Å². The number of hydrogen-bond donors (Lipinski definition) is 1. The van der Waals surface area contributed by atoms with Crippen molar-refractivity contribution in [2.24, 2.45) is 0 Å². The SMILES string of the molecule is Cc1nn(C2CCS(=O)(=O)C2)c2nc(C3CC3)cc(C(=O)NC(C)c3cccc(Cl)c3)c12. The minimum atomic E-state index is -3.07. The molecule has 1 aliphatic carbocycles. The number of fused-ring (bicyclic) bond motifs is 1. The summed E-state index contributed by atoms with van der Waals surface area (Å²) >= 11 is 6.11. The number of aryl methyl sites for hydroxylation is 1. The van der Waals surface area contributed by atoms with Crippen molar-refractivity contribution in [2.45, 2.75) is 51.1 Å². The van der Waals surface area contributed by atoms with Gasteiger partial charge in [-0.1, -0.05) is 23.7 Å². The Bertz CT molecular complexity index is 1330. The highest BCUT2D eigenvalue weighted by Gasteiger charge is 2.34. The van der Waals surface area contributed by atoms with Crippen LogP contribution in [0, 0.1) is 6.92 Å². The van der Waals surface area contributed by atoms with E-state index in [1.165, 1.54) is 0 Å². The fourth-order valence-electron chi connectivity index (χ4n) is 4.46. The minimum absolute atomic E-state index is 0.0614. The van der Waals surface area contributed by atoms with Gasteiger partial charge in [-0.15, -0.1) is 0 Å². The van der Waals surface area contributed by atoms with Gasteiger partial charge in [0.2, 0.25) is 0 Å². The van der Waals surface area contributed by atoms with Gasteiger partial charge < -0.3 is 5.32 Å². The zero-order chi connectivity index (χ0) is 22.6. The topological polar surface area (TPSA) is 93.9 Å². The number of nitrogens with zero attached hydrogens (tertiary/aromatic N) is 3. The lowest BCUT2D eigenvalue weighted by molar-refractivity contribution is 0.0941. The van der Waals surface area contributed by atoms with Crippen LogP contribution >= 0.6 is 11.6 Å². The van der Waals surface area contributed by atoms with Gasteiger partial charge in [-0.2, -0.15) is 5.10 Å². The van der Waals surface area contributed by atoms with Gasteiger partial charge in [0.1, 0.15) is 0 Å². The molecule has 3 aromatic rings. The number of amides is 1. The number of aromatic nitrogens is 3. The maximum atomic E-state index is 13.4. The van der Waals surface area contributed by atoms with E-state index in [2.05, 4.69) is 10.4 Å². The number of rotatable bonds is 5. The lowest BCUT2D eigenvalue weighted by Crippen LogP contribution is -2.27. The standard InChI is InChI=1S/C23H25ClN4O3S/c1-13(16-4-3-5-17(24)10-16)25-23(29)19-11-20(15-6-7-15)26-22-21(19)14(2)27-28(22)18-8-9-32(30,31)12-18/h3-5,10-11,13,15,18H,6-9,12H2,1-2H3,(H,25,29). The van der Waals surface area contributed by atoms with E-state index in [1.54, 1.807) is 10.7 Å². The number of carbonyl (C=O) groups excluding carboxylic acids is 1. The highest BCUT2D eigenvalue weighted by atomic mass is 35.5. The third kappa shape index (κ3) is 4.01. The van der Waals surface area contributed by atoms with Crippen LogP contribution in [0.4, 0.5) is 0 Å². The summed E-state index contributed by atoms with van der Waals surface area (Å²) in [6, 6.07) is 8.83. The normalized spacial score (nSPS) is 21.0. The monoisotopic (exact) mass is 472 g/mol. The molecule has 3 heterocycles. The lowest BCUT2D eigenvalue weighted by Gasteiger charge is -2.16. The molecule has 2 aromatic heterocycles. The van der Waals surface area contributed by atoms with Gasteiger partial charge >= 0.3 is 0 Å². The highest BCUT2D eigenvalue weighted by Crippen LogP contribution is 2.41. The summed E-state index contributed by atoms with van der Waals surface area (Å²) < 4.78 is 25.9. The van der Waals surface area contributed by atoms with Crippen LogP contribution in [0.1, 0.15) is 71.5 Å². The number of benzene rings is 1. The van der Waals surface area contributed by atoms with E-state index < -0.39 is 9.84 Å². The quantitative estimate of drug-likeness (QED) is 0.602. The van der Waals surface area contributed by atoms with Crippen LogP contribution in [-0.2, 0) is 9.84 Å². The molecule has 1 N–H and O–H groups in total. The summed E-state index contributed by atoms with van der Waals surface area (Å²) in [6.07, 6.45) is 2.61. The van der Waals surface area contributed by atoms with Crippen LogP contribution in [-0.4, -0.2) is 40.6 Å². The van der Waals surface area contributed by atoms with Crippen molar-refractivity contribution in [2.75, 3.05) is 11.5 Å². The number of pyridine rings is 1. The van der Waals surface area contributed by atoms with Crippen LogP contribution in [0.3, 0.4) is 0 Å². The molecular formula is C23H25ClN4O3S. The highest BCUT2D eigenvalue weighted by molar-refractivity contribution is 7.91. The maximum Gasteiger partial charge on any atom is 0.252 e. The van der Waals surface area contributed by atoms with Crippen molar-refractivity contribution in [1.82, 2.24) is 20.1 Å². The van der Waals surface area contributed by atoms with Gasteiger partial charge in [0.05, 0.1) is 40.2 Å². The first-order valence-corrected chi connectivity index (χ1v) is 13.1. The van der Waals surface area contributed by atoms with E-state index in [0.717, 1.165) is 24.1 Å². The van der Waals surface area contributed by atoms with E-state index >= 15 is 0 Å². The zero-order valence-electron chi connectivity index (χ0n) is 18.0. The Hall–Kier alpha value is -2.45. The molecule has 2 atom stereocenters. The molecule has 2 unspecified atom stereocenters. The van der Waals surface area contributed by atoms with Crippen molar-refractivity contribution >= 4 is 38.4 Å². The van der Waals surface area contributed by atoms with Gasteiger partial charge in [-0.25, -0.2) is 18.1 Å². The molecule has 9 heteroatoms. The van der Waals surface area contributed by atoms with E-state index in [-0.39, 0.29) is 29.5 Å². The van der Waals surface area contributed by atoms with Gasteiger partial charge in [-0.05, 0) is 56.9 Å². The van der Waals surface area contributed by atoms with E-state index in [0.29, 0.717) is 39.7 Å². The molecule has 2 fully saturated rings. The number of halogens is 1. The lowest BCUT2D eigenvalue weighted by atomic mass is 10.0. The summed E-state index contributed by atoms with van der Waals surface area (Å²) in [5.41, 5.74) is 3.62. The first-order valence-electron chi connectivity index (χ1n) is 10.9. The maximum absolute atomic E-state index is 13.4. The second-order valence-electron chi connectivity index (χ2n) is 8.90. The zero-order valence-corrected chi connectivity index (χ0v) is 19.6. The average molecular weight is 473 g/mol. The Morgan fingerprint density at radius 1 is 1.25 bits per heavy atom. The number of hydrogen-bond acceptors (Lipinski definition) is 5. The molecule has 1 saturated carbocycles. The second-order valence-corrected chi connectivity index (χ2v) is 11.6. The molecule has 1 amide bonds. The molecule has 2 aliphatic rings. The Morgan fingerprint density at radius 3 is 2.69 bits per heavy atom. The molecule has 1 aromatic carbocycles. The van der Waals surface area contributed by atoms with Gasteiger partial charge in [0, 0.05) is 16.6 Å². The van der Waals surface area contributed by atoms with Crippen molar-refractivity contribution in [3.05, 3.63) is 57.9 Å². The van der Waals surface area contributed by atoms with E-state index in [1.807, 2.05) is 38.1 Å². The predicted molar refractivity (Wildman–Crippen MR) is 124 cm³/mol. The van der Waals surface area contributed by atoms with Crippen LogP contribution in [0.25, 0.3) is 11.0 Å². The average Bonchev–Trinajstić information content (AvgIpc) is 3.46. The van der Waals surface area contributed by atoms with Gasteiger partial charge in [0.15, 0.2) is 15.5 Å². The fourth-order valence-corrected chi connectivity index (χ4v) is 6.35. The number of sulfone groups is 1.